The molecule has 2 atom stereocenters. The SMILES string of the molecule is NC(N)=Nc1cc(C(=O)CCCCC(=O)NC(CC(=O)O)C(O)c2ccc(Cl)cc2)cc(C(F)(F)F)c1. The molecule has 37 heavy (non-hydrogen) atoms. The van der Waals surface area contributed by atoms with Crippen molar-refractivity contribution in [3.05, 3.63) is 64.2 Å². The number of aliphatic hydroxyl groups is 1. The molecule has 0 aliphatic rings. The van der Waals surface area contributed by atoms with Crippen molar-refractivity contribution in [3.63, 3.8) is 0 Å². The number of halogens is 4. The monoisotopic (exact) mass is 542 g/mol. The number of rotatable bonds is 12. The van der Waals surface area contributed by atoms with Crippen molar-refractivity contribution in [2.24, 2.45) is 16.5 Å². The number of hydrogen-bond acceptors (Lipinski definition) is 5. The minimum atomic E-state index is -4.72. The molecule has 0 heterocycles. The number of Topliss-reactive ketones (excluding diaryl/α,β-unsaturated/α-hetero) is 1. The molecule has 13 heteroatoms. The molecule has 0 fully saturated rings. The molecule has 0 saturated heterocycles. The van der Waals surface area contributed by atoms with E-state index in [0.717, 1.165) is 6.07 Å². The molecule has 0 saturated carbocycles. The van der Waals surface area contributed by atoms with E-state index >= 15 is 0 Å². The number of carbonyl (C=O) groups is 3. The van der Waals surface area contributed by atoms with Crippen LogP contribution in [0.25, 0.3) is 0 Å². The Morgan fingerprint density at radius 3 is 2.22 bits per heavy atom. The number of amides is 1. The number of benzene rings is 2. The number of ketones is 1. The highest BCUT2D eigenvalue weighted by molar-refractivity contribution is 6.30. The summed E-state index contributed by atoms with van der Waals surface area (Å²) in [5.41, 5.74) is 9.28. The van der Waals surface area contributed by atoms with E-state index in [1.54, 1.807) is 0 Å². The zero-order valence-electron chi connectivity index (χ0n) is 19.5. The zero-order chi connectivity index (χ0) is 27.8. The molecule has 0 bridgehead atoms. The minimum Gasteiger partial charge on any atom is -0.481 e. The lowest BCUT2D eigenvalue weighted by atomic mass is 9.99. The van der Waals surface area contributed by atoms with Crippen LogP contribution in [-0.4, -0.2) is 39.9 Å². The third kappa shape index (κ3) is 9.73. The fourth-order valence-corrected chi connectivity index (χ4v) is 3.59. The van der Waals surface area contributed by atoms with Gasteiger partial charge < -0.3 is 27.0 Å². The number of alkyl halides is 3. The van der Waals surface area contributed by atoms with Gasteiger partial charge in [-0.3, -0.25) is 14.4 Å². The highest BCUT2D eigenvalue weighted by Gasteiger charge is 2.32. The largest absolute Gasteiger partial charge is 0.481 e. The number of carboxylic acid groups (broad SMARTS) is 1. The Hall–Kier alpha value is -3.64. The van der Waals surface area contributed by atoms with Crippen molar-refractivity contribution < 1.29 is 37.8 Å². The fraction of sp³-hybridized carbons (Fsp3) is 0.333. The zero-order valence-corrected chi connectivity index (χ0v) is 20.2. The quantitative estimate of drug-likeness (QED) is 0.118. The van der Waals surface area contributed by atoms with Gasteiger partial charge in [-0.05, 0) is 48.7 Å². The van der Waals surface area contributed by atoms with Gasteiger partial charge in [0.2, 0.25) is 5.91 Å². The van der Waals surface area contributed by atoms with Crippen LogP contribution in [-0.2, 0) is 15.8 Å². The van der Waals surface area contributed by atoms with Gasteiger partial charge in [0, 0.05) is 23.4 Å². The molecule has 2 aromatic carbocycles. The lowest BCUT2D eigenvalue weighted by Crippen LogP contribution is -2.40. The molecule has 0 aliphatic carbocycles. The summed E-state index contributed by atoms with van der Waals surface area (Å²) in [6, 6.07) is 7.48. The summed E-state index contributed by atoms with van der Waals surface area (Å²) >= 11 is 5.82. The Labute approximate surface area is 215 Å². The second-order valence-electron chi connectivity index (χ2n) is 8.20. The Bertz CT molecular complexity index is 1150. The average molecular weight is 543 g/mol. The lowest BCUT2D eigenvalue weighted by Gasteiger charge is -2.23. The summed E-state index contributed by atoms with van der Waals surface area (Å²) in [4.78, 5) is 39.6. The highest BCUT2D eigenvalue weighted by Crippen LogP contribution is 2.33. The van der Waals surface area contributed by atoms with Gasteiger partial charge >= 0.3 is 12.1 Å². The molecule has 9 nitrogen and oxygen atoms in total. The number of nitrogens with one attached hydrogen (secondary N) is 1. The number of hydrogen-bond donors (Lipinski definition) is 5. The van der Waals surface area contributed by atoms with E-state index in [2.05, 4.69) is 10.3 Å². The van der Waals surface area contributed by atoms with Crippen molar-refractivity contribution in [2.45, 2.75) is 50.4 Å². The number of guanidine groups is 1. The molecule has 0 spiro atoms. The Balaban J connectivity index is 1.97. The van der Waals surface area contributed by atoms with Crippen molar-refractivity contribution >= 4 is 40.9 Å². The van der Waals surface area contributed by atoms with Crippen LogP contribution in [0.2, 0.25) is 5.02 Å². The van der Waals surface area contributed by atoms with Gasteiger partial charge in [0.05, 0.1) is 29.8 Å². The maximum absolute atomic E-state index is 13.2. The number of carbonyl (C=O) groups excluding carboxylic acids is 2. The van der Waals surface area contributed by atoms with Gasteiger partial charge in [0.25, 0.3) is 0 Å². The maximum Gasteiger partial charge on any atom is 0.416 e. The van der Waals surface area contributed by atoms with Crippen molar-refractivity contribution in [1.29, 1.82) is 0 Å². The summed E-state index contributed by atoms with van der Waals surface area (Å²) in [5, 5.41) is 22.6. The van der Waals surface area contributed by atoms with Crippen molar-refractivity contribution in [1.82, 2.24) is 5.32 Å². The second kappa shape index (κ2) is 13.1. The fourth-order valence-electron chi connectivity index (χ4n) is 3.47. The number of nitrogens with two attached hydrogens (primary N) is 2. The molecular weight excluding hydrogens is 517 g/mol. The van der Waals surface area contributed by atoms with Crippen LogP contribution in [0.5, 0.6) is 0 Å². The number of nitrogens with zero attached hydrogens (tertiary/aromatic N) is 1. The van der Waals surface area contributed by atoms with Crippen LogP contribution in [0, 0.1) is 0 Å². The molecule has 2 unspecified atom stereocenters. The topological polar surface area (TPSA) is 168 Å². The number of carboxylic acids is 1. The standard InChI is InChI=1S/C24H26ClF3N4O5/c25-16-7-5-13(6-8-16)22(37)18(12-21(35)36)32-20(34)4-2-1-3-19(33)14-9-15(24(26,27)28)11-17(10-14)31-23(29)30/h5-11,18,22,37H,1-4,12H2,(H,32,34)(H,35,36)(H4,29,30,31). The van der Waals surface area contributed by atoms with Crippen molar-refractivity contribution in [3.8, 4) is 0 Å². The molecule has 0 radical (unpaired) electrons. The van der Waals surface area contributed by atoms with Gasteiger partial charge in [-0.25, -0.2) is 4.99 Å². The normalized spacial score (nSPS) is 12.9. The van der Waals surface area contributed by atoms with E-state index in [0.29, 0.717) is 22.7 Å². The van der Waals surface area contributed by atoms with E-state index in [1.807, 2.05) is 0 Å². The molecule has 2 aromatic rings. The predicted octanol–water partition coefficient (Wildman–Crippen LogP) is 3.70. The minimum absolute atomic E-state index is 0.0986. The van der Waals surface area contributed by atoms with Crippen LogP contribution in [0.3, 0.4) is 0 Å². The number of unbranched alkanes of at least 4 members (excludes halogenated alkanes) is 1. The summed E-state index contributed by atoms with van der Waals surface area (Å²) in [6.07, 6.45) is -6.45. The lowest BCUT2D eigenvalue weighted by molar-refractivity contribution is -0.139. The third-order valence-corrected chi connectivity index (χ3v) is 5.47. The average Bonchev–Trinajstić information content (AvgIpc) is 2.79. The first kappa shape index (κ1) is 29.6. The third-order valence-electron chi connectivity index (χ3n) is 5.22. The Kier molecular flexibility index (Phi) is 10.4. The first-order valence-electron chi connectivity index (χ1n) is 11.1. The number of aliphatic hydroxyl groups excluding tert-OH is 1. The highest BCUT2D eigenvalue weighted by atomic mass is 35.5. The van der Waals surface area contributed by atoms with Crippen LogP contribution < -0.4 is 16.8 Å². The molecule has 200 valence electrons. The van der Waals surface area contributed by atoms with E-state index in [1.165, 1.54) is 24.3 Å². The summed E-state index contributed by atoms with van der Waals surface area (Å²) in [7, 11) is 0. The molecule has 0 aliphatic heterocycles. The van der Waals surface area contributed by atoms with Crippen molar-refractivity contribution in [2.75, 3.05) is 0 Å². The van der Waals surface area contributed by atoms with Gasteiger partial charge in [0.15, 0.2) is 11.7 Å². The first-order valence-corrected chi connectivity index (χ1v) is 11.4. The smallest absolute Gasteiger partial charge is 0.416 e. The summed E-state index contributed by atoms with van der Waals surface area (Å²) in [6.45, 7) is 0. The van der Waals surface area contributed by atoms with Gasteiger partial charge in [-0.15, -0.1) is 0 Å². The predicted molar refractivity (Wildman–Crippen MR) is 130 cm³/mol. The van der Waals surface area contributed by atoms with E-state index < -0.39 is 53.9 Å². The first-order chi connectivity index (χ1) is 17.3. The van der Waals surface area contributed by atoms with Gasteiger partial charge in [-0.2, -0.15) is 13.2 Å². The molecule has 7 N–H and O–H groups in total. The van der Waals surface area contributed by atoms with Crippen LogP contribution in [0.4, 0.5) is 18.9 Å². The number of aliphatic imine (C=N–C) groups is 1. The summed E-state index contributed by atoms with van der Waals surface area (Å²) in [5.74, 6) is -2.85. The molecule has 0 aromatic heterocycles. The van der Waals surface area contributed by atoms with Gasteiger partial charge in [0.1, 0.15) is 0 Å². The van der Waals surface area contributed by atoms with E-state index in [-0.39, 0.29) is 36.9 Å². The second-order valence-corrected chi connectivity index (χ2v) is 8.64. The van der Waals surface area contributed by atoms with Gasteiger partial charge in [-0.1, -0.05) is 23.7 Å². The summed E-state index contributed by atoms with van der Waals surface area (Å²) < 4.78 is 39.5. The van der Waals surface area contributed by atoms with E-state index in [4.69, 9.17) is 28.2 Å². The number of aliphatic carboxylic acids is 1. The molecule has 1 amide bonds. The van der Waals surface area contributed by atoms with Crippen LogP contribution >= 0.6 is 11.6 Å². The van der Waals surface area contributed by atoms with Crippen LogP contribution in [0.15, 0.2) is 47.5 Å². The molecule has 2 rings (SSSR count). The molecular formula is C24H26ClF3N4O5. The Morgan fingerprint density at radius 1 is 1.03 bits per heavy atom. The maximum atomic E-state index is 13.2. The van der Waals surface area contributed by atoms with Crippen LogP contribution in [0.1, 0.15) is 59.7 Å². The Morgan fingerprint density at radius 2 is 1.65 bits per heavy atom. The van der Waals surface area contributed by atoms with E-state index in [9.17, 15) is 32.7 Å².